The molecule has 0 amide bonds. The smallest absolute Gasteiger partial charge is 0.0957 e. The molecule has 1 aliphatic heterocycles. The van der Waals surface area contributed by atoms with E-state index in [2.05, 4.69) is 19.2 Å². The van der Waals surface area contributed by atoms with Gasteiger partial charge in [0.25, 0.3) is 0 Å². The maximum Gasteiger partial charge on any atom is 0.0957 e. The van der Waals surface area contributed by atoms with Crippen molar-refractivity contribution in [2.24, 2.45) is 0 Å². The van der Waals surface area contributed by atoms with E-state index in [0.717, 1.165) is 32.5 Å². The summed E-state index contributed by atoms with van der Waals surface area (Å²) in [4.78, 5) is 6.15. The lowest BCUT2D eigenvalue weighted by atomic mass is 10.2. The first-order valence-electron chi connectivity index (χ1n) is 6.63. The van der Waals surface area contributed by atoms with Crippen LogP contribution in [0.25, 0.3) is 0 Å². The van der Waals surface area contributed by atoms with Crippen molar-refractivity contribution in [2.75, 3.05) is 13.2 Å². The summed E-state index contributed by atoms with van der Waals surface area (Å²) in [6.07, 6.45) is 4.86. The van der Waals surface area contributed by atoms with Crippen LogP contribution in [0.4, 0.5) is 0 Å². The number of hydrogen-bond donors (Lipinski definition) is 1. The van der Waals surface area contributed by atoms with Crippen LogP contribution in [0.1, 0.15) is 42.3 Å². The third kappa shape index (κ3) is 3.50. The summed E-state index contributed by atoms with van der Waals surface area (Å²) < 4.78 is 5.67. The standard InChI is InChI=1S/C13H22N2OS/c1-3-11-12(9-14-4-2)17-13(15-11)8-10-6-5-7-16-10/h10,14H,3-9H2,1-2H3. The molecule has 0 saturated carbocycles. The average molecular weight is 254 g/mol. The number of aryl methyl sites for hydroxylation is 1. The summed E-state index contributed by atoms with van der Waals surface area (Å²) in [7, 11) is 0. The molecule has 4 heteroatoms. The summed E-state index contributed by atoms with van der Waals surface area (Å²) >= 11 is 1.86. The lowest BCUT2D eigenvalue weighted by molar-refractivity contribution is 0.111. The molecule has 1 N–H and O–H groups in total. The number of nitrogens with zero attached hydrogens (tertiary/aromatic N) is 1. The van der Waals surface area contributed by atoms with E-state index in [4.69, 9.17) is 9.72 Å². The van der Waals surface area contributed by atoms with Crippen LogP contribution in [0.2, 0.25) is 0 Å². The molecule has 1 atom stereocenters. The van der Waals surface area contributed by atoms with Crippen LogP contribution in [-0.2, 0) is 24.1 Å². The molecular weight excluding hydrogens is 232 g/mol. The summed E-state index contributed by atoms with van der Waals surface area (Å²) in [6.45, 7) is 7.23. The Morgan fingerprint density at radius 2 is 2.35 bits per heavy atom. The lowest BCUT2D eigenvalue weighted by Gasteiger charge is -2.05. The van der Waals surface area contributed by atoms with Crippen LogP contribution < -0.4 is 5.32 Å². The first-order valence-corrected chi connectivity index (χ1v) is 7.44. The fraction of sp³-hybridized carbons (Fsp3) is 0.769. The summed E-state index contributed by atoms with van der Waals surface area (Å²) in [5.41, 5.74) is 1.27. The van der Waals surface area contributed by atoms with Gasteiger partial charge in [-0.2, -0.15) is 0 Å². The molecule has 0 aromatic carbocycles. The van der Waals surface area contributed by atoms with E-state index in [1.165, 1.54) is 28.4 Å². The minimum atomic E-state index is 0.415. The number of aromatic nitrogens is 1. The zero-order valence-electron chi connectivity index (χ0n) is 10.8. The maximum absolute atomic E-state index is 5.67. The van der Waals surface area contributed by atoms with Crippen molar-refractivity contribution in [3.63, 3.8) is 0 Å². The molecule has 2 heterocycles. The fourth-order valence-corrected chi connectivity index (χ4v) is 3.37. The van der Waals surface area contributed by atoms with Gasteiger partial charge in [-0.1, -0.05) is 13.8 Å². The molecule has 0 bridgehead atoms. The van der Waals surface area contributed by atoms with Gasteiger partial charge in [-0.3, -0.25) is 0 Å². The van der Waals surface area contributed by atoms with Crippen LogP contribution in [0.3, 0.4) is 0 Å². The normalized spacial score (nSPS) is 20.0. The molecule has 0 radical (unpaired) electrons. The molecule has 2 rings (SSSR count). The lowest BCUT2D eigenvalue weighted by Crippen LogP contribution is -2.11. The minimum Gasteiger partial charge on any atom is -0.378 e. The minimum absolute atomic E-state index is 0.415. The highest BCUT2D eigenvalue weighted by Gasteiger charge is 2.19. The van der Waals surface area contributed by atoms with Crippen LogP contribution >= 0.6 is 11.3 Å². The van der Waals surface area contributed by atoms with Gasteiger partial charge in [-0.15, -0.1) is 11.3 Å². The first-order chi connectivity index (χ1) is 8.33. The third-order valence-corrected chi connectivity index (χ3v) is 4.24. The number of rotatable bonds is 6. The second-order valence-electron chi connectivity index (χ2n) is 4.45. The van der Waals surface area contributed by atoms with Crippen LogP contribution in [0.15, 0.2) is 0 Å². The third-order valence-electron chi connectivity index (χ3n) is 3.12. The van der Waals surface area contributed by atoms with Gasteiger partial charge in [0.2, 0.25) is 0 Å². The van der Waals surface area contributed by atoms with E-state index < -0.39 is 0 Å². The predicted molar refractivity (Wildman–Crippen MR) is 71.6 cm³/mol. The Hall–Kier alpha value is -0.450. The van der Waals surface area contributed by atoms with E-state index >= 15 is 0 Å². The fourth-order valence-electron chi connectivity index (χ4n) is 2.18. The highest BCUT2D eigenvalue weighted by atomic mass is 32.1. The van der Waals surface area contributed by atoms with E-state index in [0.29, 0.717) is 6.10 Å². The van der Waals surface area contributed by atoms with Gasteiger partial charge in [0.1, 0.15) is 0 Å². The van der Waals surface area contributed by atoms with E-state index in [-0.39, 0.29) is 0 Å². The van der Waals surface area contributed by atoms with Gasteiger partial charge in [0.05, 0.1) is 16.8 Å². The largest absolute Gasteiger partial charge is 0.378 e. The number of nitrogens with one attached hydrogen (secondary N) is 1. The zero-order chi connectivity index (χ0) is 12.1. The molecule has 17 heavy (non-hydrogen) atoms. The Morgan fingerprint density at radius 3 is 3.00 bits per heavy atom. The number of thiazole rings is 1. The first kappa shape index (κ1) is 13.0. The van der Waals surface area contributed by atoms with E-state index in [1.54, 1.807) is 0 Å². The highest BCUT2D eigenvalue weighted by Crippen LogP contribution is 2.24. The van der Waals surface area contributed by atoms with Gasteiger partial charge < -0.3 is 10.1 Å². The molecule has 1 aromatic rings. The van der Waals surface area contributed by atoms with Crippen molar-refractivity contribution in [3.05, 3.63) is 15.6 Å². The summed E-state index contributed by atoms with van der Waals surface area (Å²) in [5.74, 6) is 0. The Bertz CT molecular complexity index is 345. The van der Waals surface area contributed by atoms with E-state index in [9.17, 15) is 0 Å². The van der Waals surface area contributed by atoms with Crippen molar-refractivity contribution in [2.45, 2.75) is 52.2 Å². The molecule has 0 spiro atoms. The summed E-state index contributed by atoms with van der Waals surface area (Å²) in [5, 5.41) is 4.64. The highest BCUT2D eigenvalue weighted by molar-refractivity contribution is 7.11. The predicted octanol–water partition coefficient (Wildman–Crippen LogP) is 2.54. The maximum atomic E-state index is 5.67. The molecule has 0 aliphatic carbocycles. The van der Waals surface area contributed by atoms with Crippen molar-refractivity contribution in [3.8, 4) is 0 Å². The second-order valence-corrected chi connectivity index (χ2v) is 5.62. The number of hydrogen-bond acceptors (Lipinski definition) is 4. The molecule has 1 fully saturated rings. The van der Waals surface area contributed by atoms with Gasteiger partial charge in [-0.05, 0) is 25.8 Å². The second kappa shape index (κ2) is 6.47. The van der Waals surface area contributed by atoms with Crippen LogP contribution in [0, 0.1) is 0 Å². The monoisotopic (exact) mass is 254 g/mol. The quantitative estimate of drug-likeness (QED) is 0.847. The van der Waals surface area contributed by atoms with Crippen LogP contribution in [-0.4, -0.2) is 24.2 Å². The van der Waals surface area contributed by atoms with Gasteiger partial charge in [0.15, 0.2) is 0 Å². The molecular formula is C13H22N2OS. The zero-order valence-corrected chi connectivity index (χ0v) is 11.6. The molecule has 1 aromatic heterocycles. The van der Waals surface area contributed by atoms with Crippen molar-refractivity contribution in [1.82, 2.24) is 10.3 Å². The molecule has 3 nitrogen and oxygen atoms in total. The topological polar surface area (TPSA) is 34.1 Å². The average Bonchev–Trinajstić information content (AvgIpc) is 2.96. The van der Waals surface area contributed by atoms with Crippen LogP contribution in [0.5, 0.6) is 0 Å². The van der Waals surface area contributed by atoms with Crippen molar-refractivity contribution < 1.29 is 4.74 Å². The summed E-state index contributed by atoms with van der Waals surface area (Å²) in [6, 6.07) is 0. The van der Waals surface area contributed by atoms with Gasteiger partial charge in [0, 0.05) is 24.4 Å². The molecule has 96 valence electrons. The van der Waals surface area contributed by atoms with Crippen molar-refractivity contribution in [1.29, 1.82) is 0 Å². The van der Waals surface area contributed by atoms with E-state index in [1.807, 2.05) is 11.3 Å². The molecule has 1 aliphatic rings. The Morgan fingerprint density at radius 1 is 1.47 bits per heavy atom. The van der Waals surface area contributed by atoms with Gasteiger partial charge >= 0.3 is 0 Å². The molecule has 1 unspecified atom stereocenters. The van der Waals surface area contributed by atoms with Gasteiger partial charge in [-0.25, -0.2) is 4.98 Å². The Balaban J connectivity index is 1.99. The number of ether oxygens (including phenoxy) is 1. The Kier molecular flexibility index (Phi) is 4.95. The SMILES string of the molecule is CCNCc1sc(CC2CCCO2)nc1CC. The van der Waals surface area contributed by atoms with Crippen molar-refractivity contribution >= 4 is 11.3 Å². The Labute approximate surface area is 108 Å². The molecule has 1 saturated heterocycles.